The molecule has 106 valence electrons. The van der Waals surface area contributed by atoms with Gasteiger partial charge in [-0.2, -0.15) is 0 Å². The predicted molar refractivity (Wildman–Crippen MR) is 79.5 cm³/mol. The molecule has 0 aromatic heterocycles. The highest BCUT2D eigenvalue weighted by atomic mass is 32.2. The Morgan fingerprint density at radius 1 is 1.10 bits per heavy atom. The van der Waals surface area contributed by atoms with Gasteiger partial charge in [0, 0.05) is 12.6 Å². The molecule has 4 nitrogen and oxygen atoms in total. The Kier molecular flexibility index (Phi) is 3.99. The van der Waals surface area contributed by atoms with E-state index >= 15 is 0 Å². The molecule has 0 heterocycles. The van der Waals surface area contributed by atoms with Crippen LogP contribution in [0.2, 0.25) is 0 Å². The van der Waals surface area contributed by atoms with Crippen molar-refractivity contribution in [3.8, 4) is 5.75 Å². The number of anilines is 1. The number of phenols is 1. The van der Waals surface area contributed by atoms with Gasteiger partial charge in [0.15, 0.2) is 0 Å². The van der Waals surface area contributed by atoms with E-state index in [1.54, 1.807) is 43.3 Å². The highest BCUT2D eigenvalue weighted by Crippen LogP contribution is 2.26. The van der Waals surface area contributed by atoms with E-state index in [2.05, 4.69) is 0 Å². The van der Waals surface area contributed by atoms with Crippen LogP contribution in [-0.2, 0) is 10.0 Å². The van der Waals surface area contributed by atoms with Crippen molar-refractivity contribution < 1.29 is 13.5 Å². The first-order valence-corrected chi connectivity index (χ1v) is 7.77. The van der Waals surface area contributed by atoms with Gasteiger partial charge < -0.3 is 5.11 Å². The van der Waals surface area contributed by atoms with E-state index < -0.39 is 10.0 Å². The molecule has 0 fully saturated rings. The number of aromatic hydroxyl groups is 1. The van der Waals surface area contributed by atoms with Crippen LogP contribution in [0.5, 0.6) is 5.75 Å². The molecule has 0 amide bonds. The van der Waals surface area contributed by atoms with Crippen LogP contribution in [0, 0.1) is 6.92 Å². The summed E-state index contributed by atoms with van der Waals surface area (Å²) in [5.41, 5.74) is 1.46. The van der Waals surface area contributed by atoms with E-state index in [4.69, 9.17) is 0 Å². The minimum Gasteiger partial charge on any atom is -0.508 e. The molecule has 0 saturated carbocycles. The van der Waals surface area contributed by atoms with Gasteiger partial charge in [0.05, 0.1) is 10.6 Å². The lowest BCUT2D eigenvalue weighted by Crippen LogP contribution is -2.30. The summed E-state index contributed by atoms with van der Waals surface area (Å²) in [6.45, 7) is 3.96. The zero-order valence-electron chi connectivity index (χ0n) is 11.4. The van der Waals surface area contributed by atoms with Gasteiger partial charge >= 0.3 is 0 Å². The second kappa shape index (κ2) is 5.54. The van der Waals surface area contributed by atoms with Crippen LogP contribution in [-0.4, -0.2) is 20.1 Å². The first-order valence-electron chi connectivity index (χ1n) is 6.33. The Morgan fingerprint density at radius 2 is 1.75 bits per heavy atom. The maximum absolute atomic E-state index is 12.6. The SMILES string of the molecule is CCN(c1cccc(O)c1)S(=O)(=O)c1ccc(C)cc1. The van der Waals surface area contributed by atoms with Crippen molar-refractivity contribution in [1.29, 1.82) is 0 Å². The number of hydrogen-bond acceptors (Lipinski definition) is 3. The van der Waals surface area contributed by atoms with Crippen LogP contribution in [0.4, 0.5) is 5.69 Å². The standard InChI is InChI=1S/C15H17NO3S/c1-3-16(13-5-4-6-14(17)11-13)20(18,19)15-9-7-12(2)8-10-15/h4-11,17H,3H2,1-2H3. The van der Waals surface area contributed by atoms with Gasteiger partial charge in [-0.05, 0) is 38.1 Å². The molecule has 0 unspecified atom stereocenters. The number of rotatable bonds is 4. The van der Waals surface area contributed by atoms with Crippen LogP contribution < -0.4 is 4.31 Å². The molecule has 0 spiro atoms. The topological polar surface area (TPSA) is 57.6 Å². The Hall–Kier alpha value is -2.01. The molecule has 0 saturated heterocycles. The van der Waals surface area contributed by atoms with Crippen LogP contribution in [0.15, 0.2) is 53.4 Å². The van der Waals surface area contributed by atoms with E-state index in [0.29, 0.717) is 12.2 Å². The van der Waals surface area contributed by atoms with Crippen LogP contribution in [0.3, 0.4) is 0 Å². The predicted octanol–water partition coefficient (Wildman–Crippen LogP) is 2.92. The van der Waals surface area contributed by atoms with Crippen LogP contribution >= 0.6 is 0 Å². The summed E-state index contributed by atoms with van der Waals surface area (Å²) in [7, 11) is -3.62. The average molecular weight is 291 g/mol. The monoisotopic (exact) mass is 291 g/mol. The molecule has 0 bridgehead atoms. The molecule has 1 N–H and O–H groups in total. The van der Waals surface area contributed by atoms with Gasteiger partial charge in [0.2, 0.25) is 0 Å². The minimum absolute atomic E-state index is 0.0417. The lowest BCUT2D eigenvalue weighted by molar-refractivity contribution is 0.475. The maximum atomic E-state index is 12.6. The first kappa shape index (κ1) is 14.4. The van der Waals surface area contributed by atoms with Gasteiger partial charge in [0.1, 0.15) is 5.75 Å². The normalized spacial score (nSPS) is 11.3. The third kappa shape index (κ3) is 2.77. The molecule has 2 aromatic carbocycles. The van der Waals surface area contributed by atoms with Crippen molar-refractivity contribution in [3.63, 3.8) is 0 Å². The van der Waals surface area contributed by atoms with E-state index in [1.807, 2.05) is 6.92 Å². The van der Waals surface area contributed by atoms with Crippen LogP contribution in [0.25, 0.3) is 0 Å². The second-order valence-corrected chi connectivity index (χ2v) is 6.37. The fraction of sp³-hybridized carbons (Fsp3) is 0.200. The number of nitrogens with zero attached hydrogens (tertiary/aromatic N) is 1. The van der Waals surface area contributed by atoms with Crippen LogP contribution in [0.1, 0.15) is 12.5 Å². The number of benzene rings is 2. The molecule has 20 heavy (non-hydrogen) atoms. The maximum Gasteiger partial charge on any atom is 0.264 e. The van der Waals surface area contributed by atoms with Crippen molar-refractivity contribution in [3.05, 3.63) is 54.1 Å². The van der Waals surface area contributed by atoms with Gasteiger partial charge in [0.25, 0.3) is 10.0 Å². The fourth-order valence-electron chi connectivity index (χ4n) is 1.98. The Balaban J connectivity index is 2.47. The largest absolute Gasteiger partial charge is 0.508 e. The lowest BCUT2D eigenvalue weighted by atomic mass is 10.2. The summed E-state index contributed by atoms with van der Waals surface area (Å²) in [6, 6.07) is 13.0. The number of hydrogen-bond donors (Lipinski definition) is 1. The summed E-state index contributed by atoms with van der Waals surface area (Å²) in [4.78, 5) is 0.244. The summed E-state index contributed by atoms with van der Waals surface area (Å²) in [6.07, 6.45) is 0. The van der Waals surface area contributed by atoms with Crippen molar-refractivity contribution in [2.75, 3.05) is 10.8 Å². The summed E-state index contributed by atoms with van der Waals surface area (Å²) >= 11 is 0. The zero-order valence-corrected chi connectivity index (χ0v) is 12.3. The molecule has 0 atom stereocenters. The molecule has 0 aliphatic rings. The highest BCUT2D eigenvalue weighted by Gasteiger charge is 2.23. The minimum atomic E-state index is -3.62. The van der Waals surface area contributed by atoms with E-state index in [-0.39, 0.29) is 10.6 Å². The highest BCUT2D eigenvalue weighted by molar-refractivity contribution is 7.92. The second-order valence-electron chi connectivity index (χ2n) is 4.50. The van der Waals surface area contributed by atoms with Gasteiger partial charge in [-0.1, -0.05) is 23.8 Å². The molecule has 5 heteroatoms. The third-order valence-electron chi connectivity index (χ3n) is 3.01. The molecule has 2 rings (SSSR count). The summed E-state index contributed by atoms with van der Waals surface area (Å²) in [5.74, 6) is 0.0417. The smallest absolute Gasteiger partial charge is 0.264 e. The molecular weight excluding hydrogens is 274 g/mol. The number of sulfonamides is 1. The van der Waals surface area contributed by atoms with Gasteiger partial charge in [-0.3, -0.25) is 4.31 Å². The number of aryl methyl sites for hydroxylation is 1. The van der Waals surface area contributed by atoms with Gasteiger partial charge in [-0.25, -0.2) is 8.42 Å². The molecule has 2 aromatic rings. The quantitative estimate of drug-likeness (QED) is 0.942. The van der Waals surface area contributed by atoms with Crippen molar-refractivity contribution in [2.45, 2.75) is 18.7 Å². The molecular formula is C15H17NO3S. The van der Waals surface area contributed by atoms with Crippen molar-refractivity contribution >= 4 is 15.7 Å². The Bertz CT molecular complexity index is 693. The molecule has 0 aliphatic carbocycles. The molecule has 0 aliphatic heterocycles. The lowest BCUT2D eigenvalue weighted by Gasteiger charge is -2.23. The average Bonchev–Trinajstić information content (AvgIpc) is 2.40. The molecule has 0 radical (unpaired) electrons. The zero-order chi connectivity index (χ0) is 14.8. The summed E-state index contributed by atoms with van der Waals surface area (Å²) in [5, 5.41) is 9.51. The first-order chi connectivity index (χ1) is 9.45. The third-order valence-corrected chi connectivity index (χ3v) is 4.93. The fourth-order valence-corrected chi connectivity index (χ4v) is 3.44. The van der Waals surface area contributed by atoms with Crippen molar-refractivity contribution in [2.24, 2.45) is 0 Å². The van der Waals surface area contributed by atoms with Crippen molar-refractivity contribution in [1.82, 2.24) is 0 Å². The van der Waals surface area contributed by atoms with Gasteiger partial charge in [-0.15, -0.1) is 0 Å². The Labute approximate surface area is 119 Å². The summed E-state index contributed by atoms with van der Waals surface area (Å²) < 4.78 is 26.5. The van der Waals surface area contributed by atoms with E-state index in [1.165, 1.54) is 16.4 Å². The van der Waals surface area contributed by atoms with E-state index in [9.17, 15) is 13.5 Å². The number of phenolic OH excluding ortho intramolecular Hbond substituents is 1. The Morgan fingerprint density at radius 3 is 2.30 bits per heavy atom. The van der Waals surface area contributed by atoms with E-state index in [0.717, 1.165) is 5.56 Å².